The van der Waals surface area contributed by atoms with Crippen LogP contribution in [-0.2, 0) is 28.9 Å². The van der Waals surface area contributed by atoms with Crippen LogP contribution < -0.4 is 10.5 Å². The summed E-state index contributed by atoms with van der Waals surface area (Å²) in [7, 11) is -3.50. The van der Waals surface area contributed by atoms with E-state index in [0.29, 0.717) is 23.6 Å². The van der Waals surface area contributed by atoms with Gasteiger partial charge in [0, 0.05) is 5.69 Å². The van der Waals surface area contributed by atoms with Gasteiger partial charge in [0.05, 0.1) is 12.3 Å². The van der Waals surface area contributed by atoms with E-state index in [1.165, 1.54) is 0 Å². The van der Waals surface area contributed by atoms with Crippen LogP contribution in [0.15, 0.2) is 40.8 Å². The molecule has 4 N–H and O–H groups in total. The number of primary sulfonamides is 1. The SMILES string of the molecule is NS(=O)(=O)Cc1ccc(NCc2ccc(CO)o2)cc1. The van der Waals surface area contributed by atoms with Crippen molar-refractivity contribution in [1.29, 1.82) is 0 Å². The fourth-order valence-corrected chi connectivity index (χ4v) is 2.40. The van der Waals surface area contributed by atoms with Gasteiger partial charge in [0.1, 0.15) is 18.1 Å². The van der Waals surface area contributed by atoms with Gasteiger partial charge in [-0.15, -0.1) is 0 Å². The zero-order valence-corrected chi connectivity index (χ0v) is 11.6. The number of hydrogen-bond acceptors (Lipinski definition) is 5. The third kappa shape index (κ3) is 4.37. The van der Waals surface area contributed by atoms with Gasteiger partial charge in [0.2, 0.25) is 10.0 Å². The van der Waals surface area contributed by atoms with Crippen molar-refractivity contribution in [2.24, 2.45) is 5.14 Å². The Labute approximate surface area is 117 Å². The van der Waals surface area contributed by atoms with Crippen LogP contribution in [0, 0.1) is 0 Å². The molecule has 1 aromatic carbocycles. The third-order valence-corrected chi connectivity index (χ3v) is 3.40. The zero-order chi connectivity index (χ0) is 14.6. The summed E-state index contributed by atoms with van der Waals surface area (Å²) in [4.78, 5) is 0. The maximum absolute atomic E-state index is 11.0. The molecule has 0 unspecified atom stereocenters. The van der Waals surface area contributed by atoms with Crippen molar-refractivity contribution in [3.63, 3.8) is 0 Å². The lowest BCUT2D eigenvalue weighted by atomic mass is 10.2. The summed E-state index contributed by atoms with van der Waals surface area (Å²) < 4.78 is 27.2. The van der Waals surface area contributed by atoms with Crippen LogP contribution in [0.3, 0.4) is 0 Å². The number of furan rings is 1. The van der Waals surface area contributed by atoms with Gasteiger partial charge < -0.3 is 14.8 Å². The Morgan fingerprint density at radius 2 is 1.75 bits per heavy atom. The first-order chi connectivity index (χ1) is 9.46. The number of aliphatic hydroxyl groups excluding tert-OH is 1. The first-order valence-corrected chi connectivity index (χ1v) is 7.69. The highest BCUT2D eigenvalue weighted by molar-refractivity contribution is 7.88. The van der Waals surface area contributed by atoms with Crippen molar-refractivity contribution in [2.75, 3.05) is 5.32 Å². The van der Waals surface area contributed by atoms with Gasteiger partial charge in [-0.25, -0.2) is 13.6 Å². The first kappa shape index (κ1) is 14.6. The normalized spacial score (nSPS) is 11.5. The number of benzene rings is 1. The Morgan fingerprint density at radius 1 is 1.10 bits per heavy atom. The molecule has 0 spiro atoms. The largest absolute Gasteiger partial charge is 0.462 e. The topological polar surface area (TPSA) is 106 Å². The number of rotatable bonds is 6. The molecule has 0 aliphatic rings. The molecular formula is C13H16N2O4S. The van der Waals surface area contributed by atoms with Crippen molar-refractivity contribution >= 4 is 15.7 Å². The van der Waals surface area contributed by atoms with E-state index in [-0.39, 0.29) is 12.4 Å². The average Bonchev–Trinajstić information content (AvgIpc) is 2.84. The van der Waals surface area contributed by atoms with Gasteiger partial charge >= 0.3 is 0 Å². The molecule has 0 bridgehead atoms. The lowest BCUT2D eigenvalue weighted by Gasteiger charge is -2.05. The number of anilines is 1. The van der Waals surface area contributed by atoms with Crippen LogP contribution in [0.4, 0.5) is 5.69 Å². The molecule has 1 aromatic heterocycles. The number of sulfonamides is 1. The monoisotopic (exact) mass is 296 g/mol. The Morgan fingerprint density at radius 3 is 2.30 bits per heavy atom. The molecule has 0 atom stereocenters. The third-order valence-electron chi connectivity index (χ3n) is 2.66. The van der Waals surface area contributed by atoms with Gasteiger partial charge in [-0.1, -0.05) is 12.1 Å². The van der Waals surface area contributed by atoms with Crippen LogP contribution in [-0.4, -0.2) is 13.5 Å². The Kier molecular flexibility index (Phi) is 4.43. The Bertz CT molecular complexity index is 662. The van der Waals surface area contributed by atoms with E-state index in [1.807, 2.05) is 0 Å². The summed E-state index contributed by atoms with van der Waals surface area (Å²) >= 11 is 0. The molecule has 7 heteroatoms. The molecule has 6 nitrogen and oxygen atoms in total. The first-order valence-electron chi connectivity index (χ1n) is 5.98. The molecule has 0 aliphatic heterocycles. The van der Waals surface area contributed by atoms with E-state index < -0.39 is 10.0 Å². The van der Waals surface area contributed by atoms with Gasteiger partial charge in [0.15, 0.2) is 0 Å². The molecule has 20 heavy (non-hydrogen) atoms. The second kappa shape index (κ2) is 6.08. The van der Waals surface area contributed by atoms with Crippen molar-refractivity contribution in [3.05, 3.63) is 53.5 Å². The lowest BCUT2D eigenvalue weighted by molar-refractivity contribution is 0.244. The molecule has 0 amide bonds. The maximum Gasteiger partial charge on any atom is 0.213 e. The number of hydrogen-bond donors (Lipinski definition) is 3. The van der Waals surface area contributed by atoms with Crippen LogP contribution in [0.1, 0.15) is 17.1 Å². The lowest BCUT2D eigenvalue weighted by Crippen LogP contribution is -2.14. The molecule has 0 saturated carbocycles. The fourth-order valence-electron chi connectivity index (χ4n) is 1.74. The molecule has 0 aliphatic carbocycles. The number of nitrogens with two attached hydrogens (primary N) is 1. The number of nitrogens with one attached hydrogen (secondary N) is 1. The predicted molar refractivity (Wildman–Crippen MR) is 75.2 cm³/mol. The average molecular weight is 296 g/mol. The van der Waals surface area contributed by atoms with E-state index in [4.69, 9.17) is 14.7 Å². The van der Waals surface area contributed by atoms with Gasteiger partial charge in [-0.2, -0.15) is 0 Å². The molecule has 0 fully saturated rings. The summed E-state index contributed by atoms with van der Waals surface area (Å²) in [5.41, 5.74) is 1.48. The van der Waals surface area contributed by atoms with E-state index >= 15 is 0 Å². The van der Waals surface area contributed by atoms with Crippen LogP contribution in [0.25, 0.3) is 0 Å². The summed E-state index contributed by atoms with van der Waals surface area (Å²) in [5, 5.41) is 17.0. The second-order valence-electron chi connectivity index (χ2n) is 4.38. The molecule has 0 radical (unpaired) electrons. The highest BCUT2D eigenvalue weighted by Crippen LogP contribution is 2.14. The Balaban J connectivity index is 1.93. The van der Waals surface area contributed by atoms with Gasteiger partial charge in [0.25, 0.3) is 0 Å². The highest BCUT2D eigenvalue weighted by atomic mass is 32.2. The molecule has 108 valence electrons. The van der Waals surface area contributed by atoms with Gasteiger partial charge in [-0.05, 0) is 29.8 Å². The summed E-state index contributed by atoms with van der Waals surface area (Å²) in [6.45, 7) is 0.358. The zero-order valence-electron chi connectivity index (χ0n) is 10.7. The summed E-state index contributed by atoms with van der Waals surface area (Å²) in [6.07, 6.45) is 0. The van der Waals surface area contributed by atoms with Gasteiger partial charge in [-0.3, -0.25) is 0 Å². The molecule has 2 rings (SSSR count). The van der Waals surface area contributed by atoms with Crippen molar-refractivity contribution in [2.45, 2.75) is 18.9 Å². The quantitative estimate of drug-likeness (QED) is 0.742. The van der Waals surface area contributed by atoms with Crippen molar-refractivity contribution in [1.82, 2.24) is 0 Å². The van der Waals surface area contributed by atoms with Crippen LogP contribution in [0.2, 0.25) is 0 Å². The minimum atomic E-state index is -3.50. The molecular weight excluding hydrogens is 280 g/mol. The van der Waals surface area contributed by atoms with Crippen LogP contribution >= 0.6 is 0 Å². The van der Waals surface area contributed by atoms with E-state index in [2.05, 4.69) is 5.32 Å². The Hall–Kier alpha value is -1.83. The minimum absolute atomic E-state index is 0.123. The van der Waals surface area contributed by atoms with E-state index in [0.717, 1.165) is 5.69 Å². The minimum Gasteiger partial charge on any atom is -0.462 e. The predicted octanol–water partition coefficient (Wildman–Crippen LogP) is 1.17. The molecule has 2 aromatic rings. The van der Waals surface area contributed by atoms with E-state index in [1.54, 1.807) is 36.4 Å². The smallest absolute Gasteiger partial charge is 0.213 e. The standard InChI is InChI=1S/C13H16N2O4S/c14-20(17,18)9-10-1-3-11(4-2-10)15-7-12-5-6-13(8-16)19-12/h1-6,15-16H,7-9H2,(H2,14,17,18). The maximum atomic E-state index is 11.0. The van der Waals surface area contributed by atoms with E-state index in [9.17, 15) is 8.42 Å². The van der Waals surface area contributed by atoms with Crippen LogP contribution in [0.5, 0.6) is 0 Å². The molecule has 1 heterocycles. The molecule has 0 saturated heterocycles. The second-order valence-corrected chi connectivity index (χ2v) is 6.00. The summed E-state index contributed by atoms with van der Waals surface area (Å²) in [5.74, 6) is 1.05. The highest BCUT2D eigenvalue weighted by Gasteiger charge is 2.05. The number of aliphatic hydroxyl groups is 1. The fraction of sp³-hybridized carbons (Fsp3) is 0.231. The van der Waals surface area contributed by atoms with Crippen molar-refractivity contribution in [3.8, 4) is 0 Å². The van der Waals surface area contributed by atoms with Crippen molar-refractivity contribution < 1.29 is 17.9 Å². The summed E-state index contributed by atoms with van der Waals surface area (Å²) in [6, 6.07) is 10.5.